The van der Waals surface area contributed by atoms with Crippen LogP contribution in [0.15, 0.2) is 83.0 Å². The van der Waals surface area contributed by atoms with Crippen molar-refractivity contribution >= 4 is 40.1 Å². The van der Waals surface area contributed by atoms with E-state index in [2.05, 4.69) is 16.0 Å². The van der Waals surface area contributed by atoms with Gasteiger partial charge in [-0.3, -0.25) is 9.59 Å². The van der Waals surface area contributed by atoms with Crippen molar-refractivity contribution in [2.24, 2.45) is 4.99 Å². The SMILES string of the molecule is COc1cc([C@@H]2N=C(SCC(=O)Nc3ccc(C)cc3C)NC(C)=C2C(=O)Nc2ccccc2)ccc1C. The van der Waals surface area contributed by atoms with Crippen LogP contribution in [0.1, 0.15) is 35.2 Å². The minimum Gasteiger partial charge on any atom is -0.496 e. The minimum absolute atomic E-state index is 0.130. The van der Waals surface area contributed by atoms with E-state index >= 15 is 0 Å². The van der Waals surface area contributed by atoms with Gasteiger partial charge in [0.25, 0.3) is 5.91 Å². The zero-order valence-electron chi connectivity index (χ0n) is 22.2. The molecule has 1 aliphatic heterocycles. The molecule has 0 spiro atoms. The van der Waals surface area contributed by atoms with E-state index in [1.54, 1.807) is 7.11 Å². The summed E-state index contributed by atoms with van der Waals surface area (Å²) < 4.78 is 5.54. The molecule has 0 radical (unpaired) electrons. The number of methoxy groups -OCH3 is 1. The quantitative estimate of drug-likeness (QED) is 0.355. The van der Waals surface area contributed by atoms with Gasteiger partial charge in [0, 0.05) is 17.1 Å². The summed E-state index contributed by atoms with van der Waals surface area (Å²) in [7, 11) is 1.62. The molecular formula is C30H32N4O3S. The van der Waals surface area contributed by atoms with Crippen molar-refractivity contribution in [3.8, 4) is 5.75 Å². The molecule has 0 aromatic heterocycles. The number of aliphatic imine (C=N–C) groups is 1. The number of amides is 2. The molecule has 0 saturated carbocycles. The minimum atomic E-state index is -0.570. The molecule has 8 heteroatoms. The monoisotopic (exact) mass is 528 g/mol. The predicted molar refractivity (Wildman–Crippen MR) is 156 cm³/mol. The summed E-state index contributed by atoms with van der Waals surface area (Å²) in [6.45, 7) is 7.81. The highest BCUT2D eigenvalue weighted by Gasteiger charge is 2.30. The number of amidine groups is 1. The van der Waals surface area contributed by atoms with E-state index in [9.17, 15) is 9.59 Å². The van der Waals surface area contributed by atoms with Gasteiger partial charge in [0.2, 0.25) is 5.91 Å². The number of thioether (sulfide) groups is 1. The van der Waals surface area contributed by atoms with Crippen LogP contribution in [0.2, 0.25) is 0 Å². The van der Waals surface area contributed by atoms with Crippen molar-refractivity contribution in [3.63, 3.8) is 0 Å². The molecule has 0 aliphatic carbocycles. The Morgan fingerprint density at radius 3 is 2.42 bits per heavy atom. The lowest BCUT2D eigenvalue weighted by atomic mass is 9.94. The number of anilines is 2. The Balaban J connectivity index is 1.57. The second kappa shape index (κ2) is 12.0. The Labute approximate surface area is 227 Å². The number of para-hydroxylation sites is 1. The highest BCUT2D eigenvalue weighted by Crippen LogP contribution is 2.35. The third-order valence-electron chi connectivity index (χ3n) is 6.24. The molecule has 7 nitrogen and oxygen atoms in total. The summed E-state index contributed by atoms with van der Waals surface area (Å²) in [6, 6.07) is 20.5. The van der Waals surface area contributed by atoms with Crippen LogP contribution in [0.4, 0.5) is 11.4 Å². The Morgan fingerprint density at radius 2 is 1.71 bits per heavy atom. The van der Waals surface area contributed by atoms with Crippen LogP contribution < -0.4 is 20.7 Å². The molecule has 0 unspecified atom stereocenters. The van der Waals surface area contributed by atoms with Gasteiger partial charge in [-0.15, -0.1) is 0 Å². The van der Waals surface area contributed by atoms with Crippen molar-refractivity contribution < 1.29 is 14.3 Å². The maximum absolute atomic E-state index is 13.4. The maximum Gasteiger partial charge on any atom is 0.255 e. The Hall–Kier alpha value is -4.04. The average Bonchev–Trinajstić information content (AvgIpc) is 2.89. The Bertz CT molecular complexity index is 1420. The van der Waals surface area contributed by atoms with Crippen LogP contribution in [0.5, 0.6) is 5.75 Å². The normalized spacial score (nSPS) is 14.9. The lowest BCUT2D eigenvalue weighted by Gasteiger charge is -2.27. The second-order valence-corrected chi connectivity index (χ2v) is 10.2. The molecule has 196 valence electrons. The third-order valence-corrected chi connectivity index (χ3v) is 7.13. The molecular weight excluding hydrogens is 496 g/mol. The number of carbonyl (C=O) groups is 2. The standard InChI is InChI=1S/C30H32N4O3S/c1-18-11-14-24(20(3)15-18)33-26(35)17-38-30-31-21(4)27(29(36)32-23-9-7-6-8-10-23)28(34-30)22-13-12-19(2)25(16-22)37-5/h6-16,28H,17H2,1-5H3,(H,31,34)(H,32,36)(H,33,35)/t28-/m0/s1. The summed E-state index contributed by atoms with van der Waals surface area (Å²) in [5.74, 6) is 0.515. The molecule has 1 aliphatic rings. The van der Waals surface area contributed by atoms with Gasteiger partial charge >= 0.3 is 0 Å². The number of carbonyl (C=O) groups excluding carboxylic acids is 2. The number of rotatable bonds is 7. The lowest BCUT2D eigenvalue weighted by Crippen LogP contribution is -2.32. The van der Waals surface area contributed by atoms with Gasteiger partial charge in [-0.1, -0.05) is 59.8 Å². The van der Waals surface area contributed by atoms with Crippen molar-refractivity contribution in [1.82, 2.24) is 5.32 Å². The molecule has 38 heavy (non-hydrogen) atoms. The molecule has 2 amide bonds. The smallest absolute Gasteiger partial charge is 0.255 e. The van der Waals surface area contributed by atoms with Crippen LogP contribution in [0.3, 0.4) is 0 Å². The Morgan fingerprint density at radius 1 is 0.947 bits per heavy atom. The van der Waals surface area contributed by atoms with Crippen LogP contribution in [0, 0.1) is 20.8 Å². The van der Waals surface area contributed by atoms with E-state index in [-0.39, 0.29) is 17.6 Å². The van der Waals surface area contributed by atoms with E-state index in [1.165, 1.54) is 11.8 Å². The summed E-state index contributed by atoms with van der Waals surface area (Å²) in [6.07, 6.45) is 0. The van der Waals surface area contributed by atoms with Crippen molar-refractivity contribution in [2.45, 2.75) is 33.7 Å². The first-order valence-corrected chi connectivity index (χ1v) is 13.3. The molecule has 3 N–H and O–H groups in total. The third kappa shape index (κ3) is 6.44. The van der Waals surface area contributed by atoms with Crippen molar-refractivity contribution in [3.05, 3.63) is 100 Å². The van der Waals surface area contributed by atoms with Gasteiger partial charge in [-0.2, -0.15) is 0 Å². The van der Waals surface area contributed by atoms with Gasteiger partial charge in [0.15, 0.2) is 5.17 Å². The molecule has 0 saturated heterocycles. The summed E-state index contributed by atoms with van der Waals surface area (Å²) >= 11 is 1.30. The van der Waals surface area contributed by atoms with Gasteiger partial charge in [0.05, 0.1) is 18.4 Å². The summed E-state index contributed by atoms with van der Waals surface area (Å²) in [5, 5.41) is 9.75. The van der Waals surface area contributed by atoms with Crippen LogP contribution in [-0.4, -0.2) is 29.8 Å². The van der Waals surface area contributed by atoms with Gasteiger partial charge in [0.1, 0.15) is 11.8 Å². The van der Waals surface area contributed by atoms with Crippen molar-refractivity contribution in [2.75, 3.05) is 23.5 Å². The fourth-order valence-corrected chi connectivity index (χ4v) is 5.00. The van der Waals surface area contributed by atoms with Gasteiger partial charge < -0.3 is 20.7 Å². The van der Waals surface area contributed by atoms with Crippen LogP contribution in [-0.2, 0) is 9.59 Å². The number of aryl methyl sites for hydroxylation is 3. The topological polar surface area (TPSA) is 91.8 Å². The predicted octanol–water partition coefficient (Wildman–Crippen LogP) is 5.91. The first kappa shape index (κ1) is 27.0. The molecule has 1 atom stereocenters. The lowest BCUT2D eigenvalue weighted by molar-refractivity contribution is -0.114. The van der Waals surface area contributed by atoms with Crippen molar-refractivity contribution in [1.29, 1.82) is 0 Å². The fourth-order valence-electron chi connectivity index (χ4n) is 4.26. The molecule has 0 bridgehead atoms. The number of ether oxygens (including phenoxy) is 1. The maximum atomic E-state index is 13.4. The van der Waals surface area contributed by atoms with Gasteiger partial charge in [-0.05, 0) is 68.7 Å². The highest BCUT2D eigenvalue weighted by molar-refractivity contribution is 8.14. The van der Waals surface area contributed by atoms with E-state index < -0.39 is 6.04 Å². The summed E-state index contributed by atoms with van der Waals surface area (Å²) in [5.41, 5.74) is 6.64. The van der Waals surface area contributed by atoms with E-state index in [1.807, 2.05) is 94.4 Å². The first-order chi connectivity index (χ1) is 18.2. The number of nitrogens with one attached hydrogen (secondary N) is 3. The molecule has 3 aromatic carbocycles. The molecule has 0 fully saturated rings. The molecule has 3 aromatic rings. The molecule has 4 rings (SSSR count). The average molecular weight is 529 g/mol. The number of allylic oxidation sites excluding steroid dienone is 1. The number of hydrogen-bond donors (Lipinski definition) is 3. The molecule has 1 heterocycles. The highest BCUT2D eigenvalue weighted by atomic mass is 32.2. The van der Waals surface area contributed by atoms with Gasteiger partial charge in [-0.25, -0.2) is 4.99 Å². The van der Waals surface area contributed by atoms with Crippen LogP contribution >= 0.6 is 11.8 Å². The van der Waals surface area contributed by atoms with E-state index in [4.69, 9.17) is 9.73 Å². The number of benzene rings is 3. The second-order valence-electron chi connectivity index (χ2n) is 9.20. The fraction of sp³-hybridized carbons (Fsp3) is 0.233. The largest absolute Gasteiger partial charge is 0.496 e. The zero-order valence-corrected chi connectivity index (χ0v) is 23.0. The van der Waals surface area contributed by atoms with Crippen LogP contribution in [0.25, 0.3) is 0 Å². The summed E-state index contributed by atoms with van der Waals surface area (Å²) in [4.78, 5) is 31.0. The van der Waals surface area contributed by atoms with E-state index in [0.717, 1.165) is 33.7 Å². The van der Waals surface area contributed by atoms with E-state index in [0.29, 0.717) is 22.1 Å². The number of nitrogens with zero attached hydrogens (tertiary/aromatic N) is 1. The zero-order chi connectivity index (χ0) is 27.2. The number of hydrogen-bond acceptors (Lipinski definition) is 6. The first-order valence-electron chi connectivity index (χ1n) is 12.3. The Kier molecular flexibility index (Phi) is 8.53.